The van der Waals surface area contributed by atoms with Crippen LogP contribution in [0.5, 0.6) is 0 Å². The summed E-state index contributed by atoms with van der Waals surface area (Å²) >= 11 is 0. The van der Waals surface area contributed by atoms with Crippen LogP contribution >= 0.6 is 0 Å². The Bertz CT molecular complexity index is 297. The third-order valence-electron chi connectivity index (χ3n) is 2.46. The molecule has 1 rings (SSSR count). The molecule has 0 spiro atoms. The van der Waals surface area contributed by atoms with Gasteiger partial charge in [0.05, 0.1) is 0 Å². The number of hydrogen-bond acceptors (Lipinski definition) is 4. The van der Waals surface area contributed by atoms with Crippen LogP contribution in [0.2, 0.25) is 0 Å². The van der Waals surface area contributed by atoms with Gasteiger partial charge in [0, 0.05) is 37.4 Å². The lowest BCUT2D eigenvalue weighted by Gasteiger charge is -2.21. The molecule has 1 N–H and O–H groups in total. The Kier molecular flexibility index (Phi) is 4.07. The van der Waals surface area contributed by atoms with Gasteiger partial charge in [-0.15, -0.1) is 0 Å². The quantitative estimate of drug-likeness (QED) is 0.722. The zero-order chi connectivity index (χ0) is 10.6. The zero-order valence-corrected chi connectivity index (χ0v) is 9.27. The predicted octanol–water partition coefficient (Wildman–Crippen LogP) is -0.0102. The molecule has 0 aromatic rings. The molecular weight excluding hydrogens is 202 g/mol. The van der Waals surface area contributed by atoms with Gasteiger partial charge in [0.25, 0.3) is 0 Å². The number of carbonyl (C=O) groups excluding carboxylic acids is 1. The molecule has 1 atom stereocenters. The molecule has 0 aliphatic carbocycles. The number of Topliss-reactive ketones (excluding diaryl/α,β-unsaturated/α-hetero) is 1. The number of carbonyl (C=O) groups is 1. The van der Waals surface area contributed by atoms with Crippen molar-refractivity contribution in [2.24, 2.45) is 5.92 Å². The van der Waals surface area contributed by atoms with E-state index in [1.54, 1.807) is 0 Å². The minimum absolute atomic E-state index is 0.0329. The Morgan fingerprint density at radius 1 is 1.50 bits per heavy atom. The molecule has 0 bridgehead atoms. The van der Waals surface area contributed by atoms with E-state index >= 15 is 0 Å². The predicted molar refractivity (Wildman–Crippen MR) is 54.9 cm³/mol. The smallest absolute Gasteiger partial charge is 0.147 e. The summed E-state index contributed by atoms with van der Waals surface area (Å²) < 4.78 is 21.7. The SMILES string of the molecule is CS(=O)(=O)CCCC1CNCCC1=O. The first kappa shape index (κ1) is 11.7. The second-order valence-electron chi connectivity index (χ2n) is 3.89. The van der Waals surface area contributed by atoms with Crippen LogP contribution in [0.3, 0.4) is 0 Å². The summed E-state index contributed by atoms with van der Waals surface area (Å²) in [7, 11) is -2.87. The van der Waals surface area contributed by atoms with E-state index in [2.05, 4.69) is 5.32 Å². The molecule has 0 aromatic carbocycles. The average molecular weight is 219 g/mol. The molecule has 5 heteroatoms. The second kappa shape index (κ2) is 4.89. The van der Waals surface area contributed by atoms with Crippen LogP contribution in [0.15, 0.2) is 0 Å². The summed E-state index contributed by atoms with van der Waals surface area (Å²) in [6.07, 6.45) is 3.10. The fourth-order valence-corrected chi connectivity index (χ4v) is 2.35. The van der Waals surface area contributed by atoms with Gasteiger partial charge < -0.3 is 5.32 Å². The lowest BCUT2D eigenvalue weighted by molar-refractivity contribution is -0.124. The molecule has 0 radical (unpaired) electrons. The van der Waals surface area contributed by atoms with Crippen molar-refractivity contribution in [1.29, 1.82) is 0 Å². The molecular formula is C9H17NO3S. The van der Waals surface area contributed by atoms with E-state index in [0.717, 1.165) is 6.54 Å². The van der Waals surface area contributed by atoms with Gasteiger partial charge in [-0.25, -0.2) is 8.42 Å². The van der Waals surface area contributed by atoms with E-state index in [0.29, 0.717) is 25.8 Å². The van der Waals surface area contributed by atoms with E-state index in [9.17, 15) is 13.2 Å². The average Bonchev–Trinajstić information content (AvgIpc) is 2.06. The van der Waals surface area contributed by atoms with Gasteiger partial charge in [0.1, 0.15) is 15.6 Å². The van der Waals surface area contributed by atoms with E-state index in [1.165, 1.54) is 6.26 Å². The Morgan fingerprint density at radius 2 is 2.21 bits per heavy atom. The number of rotatable bonds is 4. The highest BCUT2D eigenvalue weighted by Crippen LogP contribution is 2.12. The summed E-state index contributed by atoms with van der Waals surface area (Å²) in [4.78, 5) is 11.4. The number of nitrogens with one attached hydrogen (secondary N) is 1. The summed E-state index contributed by atoms with van der Waals surface area (Å²) in [5, 5.41) is 3.14. The van der Waals surface area contributed by atoms with Gasteiger partial charge in [-0.05, 0) is 12.8 Å². The van der Waals surface area contributed by atoms with Crippen molar-refractivity contribution in [3.05, 3.63) is 0 Å². The van der Waals surface area contributed by atoms with Crippen molar-refractivity contribution in [3.8, 4) is 0 Å². The van der Waals surface area contributed by atoms with Crippen molar-refractivity contribution in [3.63, 3.8) is 0 Å². The van der Waals surface area contributed by atoms with Gasteiger partial charge in [-0.1, -0.05) is 0 Å². The van der Waals surface area contributed by atoms with Crippen molar-refractivity contribution < 1.29 is 13.2 Å². The Morgan fingerprint density at radius 3 is 2.79 bits per heavy atom. The molecule has 0 amide bonds. The molecule has 1 aliphatic rings. The van der Waals surface area contributed by atoms with Gasteiger partial charge in [0.2, 0.25) is 0 Å². The minimum atomic E-state index is -2.87. The first-order valence-corrected chi connectivity index (χ1v) is 6.96. The van der Waals surface area contributed by atoms with Crippen LogP contribution in [-0.4, -0.2) is 39.3 Å². The lowest BCUT2D eigenvalue weighted by atomic mass is 9.94. The largest absolute Gasteiger partial charge is 0.316 e. The van der Waals surface area contributed by atoms with Gasteiger partial charge in [-0.2, -0.15) is 0 Å². The highest BCUT2D eigenvalue weighted by molar-refractivity contribution is 7.90. The monoisotopic (exact) mass is 219 g/mol. The van der Waals surface area contributed by atoms with E-state index in [1.807, 2.05) is 0 Å². The Labute approximate surface area is 85.0 Å². The summed E-state index contributed by atoms with van der Waals surface area (Å²) in [5.41, 5.74) is 0. The Balaban J connectivity index is 2.27. The molecule has 14 heavy (non-hydrogen) atoms. The van der Waals surface area contributed by atoms with Crippen LogP contribution in [0.4, 0.5) is 0 Å². The minimum Gasteiger partial charge on any atom is -0.316 e. The maximum absolute atomic E-state index is 11.4. The van der Waals surface area contributed by atoms with Crippen molar-refractivity contribution >= 4 is 15.6 Å². The van der Waals surface area contributed by atoms with Crippen LogP contribution in [0, 0.1) is 5.92 Å². The van der Waals surface area contributed by atoms with Crippen molar-refractivity contribution in [2.75, 3.05) is 25.1 Å². The Hall–Kier alpha value is -0.420. The van der Waals surface area contributed by atoms with Crippen LogP contribution < -0.4 is 5.32 Å². The lowest BCUT2D eigenvalue weighted by Crippen LogP contribution is -2.36. The number of sulfone groups is 1. The first-order chi connectivity index (χ1) is 6.49. The molecule has 1 heterocycles. The summed E-state index contributed by atoms with van der Waals surface area (Å²) in [6.45, 7) is 1.48. The van der Waals surface area contributed by atoms with Gasteiger partial charge in [-0.3, -0.25) is 4.79 Å². The van der Waals surface area contributed by atoms with Crippen LogP contribution in [-0.2, 0) is 14.6 Å². The molecule has 82 valence electrons. The van der Waals surface area contributed by atoms with Crippen molar-refractivity contribution in [2.45, 2.75) is 19.3 Å². The maximum Gasteiger partial charge on any atom is 0.147 e. The van der Waals surface area contributed by atoms with Gasteiger partial charge in [0.15, 0.2) is 0 Å². The molecule has 4 nitrogen and oxygen atoms in total. The number of piperidine rings is 1. The molecule has 1 aliphatic heterocycles. The highest BCUT2D eigenvalue weighted by Gasteiger charge is 2.21. The van der Waals surface area contributed by atoms with Crippen LogP contribution in [0.1, 0.15) is 19.3 Å². The normalized spacial score (nSPS) is 23.8. The fraction of sp³-hybridized carbons (Fsp3) is 0.889. The maximum atomic E-state index is 11.4. The second-order valence-corrected chi connectivity index (χ2v) is 6.15. The summed E-state index contributed by atoms with van der Waals surface area (Å²) in [6, 6.07) is 0. The fourth-order valence-electron chi connectivity index (χ4n) is 1.66. The van der Waals surface area contributed by atoms with E-state index in [4.69, 9.17) is 0 Å². The molecule has 1 unspecified atom stereocenters. The first-order valence-electron chi connectivity index (χ1n) is 4.90. The summed E-state index contributed by atoms with van der Waals surface area (Å²) in [5.74, 6) is 0.499. The molecule has 1 fully saturated rings. The number of ketones is 1. The third-order valence-corrected chi connectivity index (χ3v) is 3.49. The standard InChI is InChI=1S/C9H17NO3S/c1-14(12,13)6-2-3-8-7-10-5-4-9(8)11/h8,10H,2-7H2,1H3. The topological polar surface area (TPSA) is 63.2 Å². The van der Waals surface area contributed by atoms with E-state index in [-0.39, 0.29) is 17.5 Å². The highest BCUT2D eigenvalue weighted by atomic mass is 32.2. The zero-order valence-electron chi connectivity index (χ0n) is 8.45. The van der Waals surface area contributed by atoms with E-state index < -0.39 is 9.84 Å². The number of hydrogen-bond donors (Lipinski definition) is 1. The van der Waals surface area contributed by atoms with Crippen LogP contribution in [0.25, 0.3) is 0 Å². The third kappa shape index (κ3) is 4.19. The van der Waals surface area contributed by atoms with Crippen molar-refractivity contribution in [1.82, 2.24) is 5.32 Å². The van der Waals surface area contributed by atoms with Gasteiger partial charge >= 0.3 is 0 Å². The molecule has 1 saturated heterocycles. The molecule has 0 aromatic heterocycles. The molecule has 0 saturated carbocycles.